The van der Waals surface area contributed by atoms with Crippen LogP contribution in [0.4, 0.5) is 4.79 Å². The molecule has 1 spiro atoms. The molecule has 2 aliphatic heterocycles. The van der Waals surface area contributed by atoms with Crippen molar-refractivity contribution in [2.45, 2.75) is 134 Å². The zero-order valence-corrected chi connectivity index (χ0v) is 35.7. The summed E-state index contributed by atoms with van der Waals surface area (Å²) in [6.07, 6.45) is 16.7. The number of aromatic nitrogens is 4. The van der Waals surface area contributed by atoms with Crippen LogP contribution in [-0.2, 0) is 27.2 Å². The van der Waals surface area contributed by atoms with Gasteiger partial charge in [0.25, 0.3) is 0 Å². The largest absolute Gasteiger partial charge is 0.453 e. The fourth-order valence-electron chi connectivity index (χ4n) is 12.8. The Morgan fingerprint density at radius 3 is 2.25 bits per heavy atom. The second kappa shape index (κ2) is 14.9. The van der Waals surface area contributed by atoms with Gasteiger partial charge in [-0.25, -0.2) is 14.8 Å². The Balaban J connectivity index is 0.945. The molecule has 5 atom stereocenters. The fourth-order valence-corrected chi connectivity index (χ4v) is 12.8. The van der Waals surface area contributed by atoms with Gasteiger partial charge in [0.15, 0.2) is 0 Å². The highest BCUT2D eigenvalue weighted by molar-refractivity contribution is 5.88. The SMILES string of the molecule is CCC(=O)N1CCC[C@H]1c1nc2ccc(-c3ccc(-c4ccc(-c5cnc([C@@H]6CCCN6C(=O)[C@H](C)NC(=O)OC)[nH]5)c5c4CC4(CCCC4)C5)c4c3C3CCC4C3)cc2[nH]1. The molecule has 5 aromatic rings. The molecule has 0 radical (unpaired) electrons. The first-order chi connectivity index (χ1) is 29.7. The quantitative estimate of drug-likeness (QED) is 0.143. The number of methoxy groups -OCH3 is 1. The second-order valence-electron chi connectivity index (χ2n) is 19.1. The molecule has 3 aromatic carbocycles. The van der Waals surface area contributed by atoms with Gasteiger partial charge in [0.1, 0.15) is 17.7 Å². The van der Waals surface area contributed by atoms with Crippen LogP contribution in [0.3, 0.4) is 0 Å². The Bertz CT molecular complexity index is 2580. The van der Waals surface area contributed by atoms with Gasteiger partial charge < -0.3 is 29.8 Å². The van der Waals surface area contributed by atoms with Crippen molar-refractivity contribution < 1.29 is 19.1 Å². The molecule has 3 N–H and O–H groups in total. The second-order valence-corrected chi connectivity index (χ2v) is 19.1. The summed E-state index contributed by atoms with van der Waals surface area (Å²) in [6, 6.07) is 15.5. The van der Waals surface area contributed by atoms with Crippen molar-refractivity contribution in [3.8, 4) is 33.5 Å². The van der Waals surface area contributed by atoms with E-state index in [0.29, 0.717) is 30.2 Å². The van der Waals surface area contributed by atoms with Crippen molar-refractivity contribution in [1.82, 2.24) is 35.1 Å². The van der Waals surface area contributed by atoms with Gasteiger partial charge in [0, 0.05) is 25.1 Å². The molecule has 11 nitrogen and oxygen atoms in total. The van der Waals surface area contributed by atoms with Gasteiger partial charge in [0.2, 0.25) is 11.8 Å². The molecule has 3 amide bonds. The Labute approximate surface area is 357 Å². The number of hydrogen-bond donors (Lipinski definition) is 3. The van der Waals surface area contributed by atoms with E-state index in [1.807, 2.05) is 22.9 Å². The number of nitrogens with one attached hydrogen (secondary N) is 3. The number of amides is 3. The summed E-state index contributed by atoms with van der Waals surface area (Å²) in [5, 5.41) is 2.64. The van der Waals surface area contributed by atoms with Crippen molar-refractivity contribution in [2.24, 2.45) is 5.41 Å². The van der Waals surface area contributed by atoms with E-state index in [9.17, 15) is 14.4 Å². The Hall–Kier alpha value is -5.45. The third-order valence-electron chi connectivity index (χ3n) is 15.7. The van der Waals surface area contributed by atoms with E-state index in [1.54, 1.807) is 18.1 Å². The van der Waals surface area contributed by atoms with Crippen LogP contribution in [0.1, 0.15) is 149 Å². The minimum absolute atomic E-state index is 0.0229. The van der Waals surface area contributed by atoms with Crippen molar-refractivity contribution in [3.05, 3.63) is 82.6 Å². The lowest BCUT2D eigenvalue weighted by molar-refractivity contribution is -0.134. The third kappa shape index (κ3) is 6.31. The maximum absolute atomic E-state index is 13.5. The number of alkyl carbamates (subject to hydrolysis) is 1. The number of rotatable bonds is 8. The van der Waals surface area contributed by atoms with Gasteiger partial charge in [-0.2, -0.15) is 0 Å². The highest BCUT2D eigenvalue weighted by atomic mass is 16.5. The molecule has 2 unspecified atom stereocenters. The number of fused-ring (bicyclic) bond motifs is 7. The summed E-state index contributed by atoms with van der Waals surface area (Å²) in [5.74, 6) is 2.94. The van der Waals surface area contributed by atoms with E-state index < -0.39 is 12.1 Å². The fraction of sp³-hybridized carbons (Fsp3) is 0.500. The predicted molar refractivity (Wildman–Crippen MR) is 235 cm³/mol. The first kappa shape index (κ1) is 38.5. The summed E-state index contributed by atoms with van der Waals surface area (Å²) in [6.45, 7) is 5.08. The molecule has 316 valence electrons. The maximum Gasteiger partial charge on any atom is 0.407 e. The highest BCUT2D eigenvalue weighted by Crippen LogP contribution is 2.60. The van der Waals surface area contributed by atoms with Gasteiger partial charge >= 0.3 is 6.09 Å². The van der Waals surface area contributed by atoms with Gasteiger partial charge in [-0.05, 0) is 151 Å². The first-order valence-corrected chi connectivity index (χ1v) is 23.0. The van der Waals surface area contributed by atoms with E-state index in [1.165, 1.54) is 91.0 Å². The van der Waals surface area contributed by atoms with Crippen molar-refractivity contribution >= 4 is 28.9 Å². The number of nitrogens with zero attached hydrogens (tertiary/aromatic N) is 4. The summed E-state index contributed by atoms with van der Waals surface area (Å²) >= 11 is 0. The van der Waals surface area contributed by atoms with Crippen LogP contribution >= 0.6 is 0 Å². The number of hydrogen-bond acceptors (Lipinski definition) is 6. The molecule has 61 heavy (non-hydrogen) atoms. The lowest BCUT2D eigenvalue weighted by Gasteiger charge is -2.26. The number of aromatic amines is 2. The number of H-pyrrole nitrogens is 2. The molecule has 2 aromatic heterocycles. The zero-order valence-electron chi connectivity index (χ0n) is 35.7. The lowest BCUT2D eigenvalue weighted by Crippen LogP contribution is -2.46. The molecular weight excluding hydrogens is 763 g/mol. The predicted octanol–water partition coefficient (Wildman–Crippen LogP) is 9.79. The van der Waals surface area contributed by atoms with Crippen LogP contribution < -0.4 is 5.32 Å². The number of carbonyl (C=O) groups is 3. The molecular formula is C50H57N7O4. The van der Waals surface area contributed by atoms with Crippen LogP contribution in [0.15, 0.2) is 48.7 Å². The number of benzene rings is 3. The summed E-state index contributed by atoms with van der Waals surface area (Å²) in [5.41, 5.74) is 16.1. The topological polar surface area (TPSA) is 136 Å². The average molecular weight is 820 g/mol. The van der Waals surface area contributed by atoms with Crippen LogP contribution in [-0.4, -0.2) is 73.9 Å². The molecule has 6 aliphatic rings. The van der Waals surface area contributed by atoms with Crippen molar-refractivity contribution in [3.63, 3.8) is 0 Å². The van der Waals surface area contributed by atoms with Gasteiger partial charge in [0.05, 0.1) is 42.1 Å². The third-order valence-corrected chi connectivity index (χ3v) is 15.7. The van der Waals surface area contributed by atoms with E-state index >= 15 is 0 Å². The Kier molecular flexibility index (Phi) is 9.38. The molecule has 11 heteroatoms. The monoisotopic (exact) mass is 819 g/mol. The van der Waals surface area contributed by atoms with E-state index in [-0.39, 0.29) is 23.9 Å². The molecule has 4 fully saturated rings. The smallest absolute Gasteiger partial charge is 0.407 e. The van der Waals surface area contributed by atoms with Crippen molar-refractivity contribution in [2.75, 3.05) is 20.2 Å². The summed E-state index contributed by atoms with van der Waals surface area (Å²) in [4.78, 5) is 59.3. The number of carbonyl (C=O) groups excluding carboxylic acids is 3. The van der Waals surface area contributed by atoms with Crippen LogP contribution in [0.25, 0.3) is 44.5 Å². The first-order valence-electron chi connectivity index (χ1n) is 23.0. The number of likely N-dealkylation sites (tertiary alicyclic amines) is 2. The molecule has 2 saturated carbocycles. The molecule has 2 bridgehead atoms. The highest BCUT2D eigenvalue weighted by Gasteiger charge is 2.45. The van der Waals surface area contributed by atoms with E-state index in [0.717, 1.165) is 73.4 Å². The molecule has 2 saturated heterocycles. The Morgan fingerprint density at radius 1 is 0.820 bits per heavy atom. The lowest BCUT2D eigenvalue weighted by atomic mass is 9.79. The minimum Gasteiger partial charge on any atom is -0.453 e. The van der Waals surface area contributed by atoms with Crippen molar-refractivity contribution in [1.29, 1.82) is 0 Å². The molecule has 4 aliphatic carbocycles. The maximum atomic E-state index is 13.5. The zero-order chi connectivity index (χ0) is 41.6. The average Bonchev–Trinajstić information content (AvgIpc) is 4.13. The normalized spacial score (nSPS) is 23.9. The summed E-state index contributed by atoms with van der Waals surface area (Å²) < 4.78 is 4.75. The van der Waals surface area contributed by atoms with Crippen LogP contribution in [0.2, 0.25) is 0 Å². The standard InChI is InChI=1S/C50H57N7O4/c1-4-43(58)56-21-7-10-42(56)47-53-38-18-13-29(24-39(38)54-47)32-14-17-35(45-31-12-11-30(23-31)44(32)45)33-15-16-34(37-26-50(25-36(33)37)19-5-6-20-50)40-27-51-46(55-40)41-9-8-22-57(41)48(59)28(2)52-49(60)61-3/h13-18,24,27-28,30-31,41-42H,4-12,19-23,25-26H2,1-3H3,(H,51,55)(H,52,60)(H,53,54)/t28-,30?,31?,41-,42-/m0/s1. The minimum atomic E-state index is -0.688. The molecule has 11 rings (SSSR count). The van der Waals surface area contributed by atoms with Gasteiger partial charge in [-0.3, -0.25) is 9.59 Å². The number of imidazole rings is 2. The van der Waals surface area contributed by atoms with Gasteiger partial charge in [-0.15, -0.1) is 0 Å². The van der Waals surface area contributed by atoms with E-state index in [2.05, 4.69) is 57.7 Å². The Morgan fingerprint density at radius 2 is 1.49 bits per heavy atom. The molecule has 4 heterocycles. The van der Waals surface area contributed by atoms with E-state index in [4.69, 9.17) is 14.7 Å². The van der Waals surface area contributed by atoms with Crippen LogP contribution in [0, 0.1) is 5.41 Å². The van der Waals surface area contributed by atoms with Crippen LogP contribution in [0.5, 0.6) is 0 Å². The number of ether oxygens (including phenoxy) is 1. The van der Waals surface area contributed by atoms with Gasteiger partial charge in [-0.1, -0.05) is 50.1 Å². The summed E-state index contributed by atoms with van der Waals surface area (Å²) in [7, 11) is 1.31.